The predicted molar refractivity (Wildman–Crippen MR) is 105 cm³/mol. The van der Waals surface area contributed by atoms with Crippen molar-refractivity contribution in [3.63, 3.8) is 0 Å². The van der Waals surface area contributed by atoms with Gasteiger partial charge in [0.1, 0.15) is 30.2 Å². The van der Waals surface area contributed by atoms with Crippen molar-refractivity contribution in [2.45, 2.75) is 13.0 Å². The standard InChI is InChI=1S/C20H17ClN4O3/c1-13-7-15(21)5-6-18(13)27-17-9-25(10-17)19-22-12-23-20(24-19)28-16-4-2-3-14(8-16)11-26/h2-8,11-12,17H,9-10H2,1H3. The van der Waals surface area contributed by atoms with Crippen LogP contribution in [0.3, 0.4) is 0 Å². The van der Waals surface area contributed by atoms with E-state index in [0.29, 0.717) is 35.4 Å². The third-order valence-corrected chi connectivity index (χ3v) is 4.54. The highest BCUT2D eigenvalue weighted by Crippen LogP contribution is 2.27. The predicted octanol–water partition coefficient (Wildman–Crippen LogP) is 3.71. The molecule has 8 heteroatoms. The minimum atomic E-state index is 0.0466. The zero-order chi connectivity index (χ0) is 19.5. The Kier molecular flexibility index (Phi) is 5.08. The summed E-state index contributed by atoms with van der Waals surface area (Å²) in [6, 6.07) is 12.5. The first-order chi connectivity index (χ1) is 13.6. The molecule has 2 heterocycles. The summed E-state index contributed by atoms with van der Waals surface area (Å²) in [6.07, 6.45) is 2.21. The second-order valence-corrected chi connectivity index (χ2v) is 6.85. The van der Waals surface area contributed by atoms with Crippen molar-refractivity contribution in [1.82, 2.24) is 15.0 Å². The maximum absolute atomic E-state index is 10.9. The molecule has 4 rings (SSSR count). The van der Waals surface area contributed by atoms with Gasteiger partial charge in [0.05, 0.1) is 13.1 Å². The number of hydrogen-bond acceptors (Lipinski definition) is 7. The third kappa shape index (κ3) is 4.04. The van der Waals surface area contributed by atoms with Crippen molar-refractivity contribution >= 4 is 23.8 Å². The van der Waals surface area contributed by atoms with Gasteiger partial charge in [-0.3, -0.25) is 4.79 Å². The summed E-state index contributed by atoms with van der Waals surface area (Å²) in [6.45, 7) is 3.28. The number of aryl methyl sites for hydroxylation is 1. The van der Waals surface area contributed by atoms with Crippen molar-refractivity contribution < 1.29 is 14.3 Å². The monoisotopic (exact) mass is 396 g/mol. The van der Waals surface area contributed by atoms with Crippen LogP contribution in [0.2, 0.25) is 5.02 Å². The smallest absolute Gasteiger partial charge is 0.326 e. The second-order valence-electron chi connectivity index (χ2n) is 6.42. The maximum Gasteiger partial charge on any atom is 0.326 e. The van der Waals surface area contributed by atoms with Crippen LogP contribution in [0.5, 0.6) is 17.5 Å². The Bertz CT molecular complexity index is 1010. The number of benzene rings is 2. The fourth-order valence-electron chi connectivity index (χ4n) is 2.83. The number of carbonyl (C=O) groups excluding carboxylic acids is 1. The highest BCUT2D eigenvalue weighted by atomic mass is 35.5. The molecule has 1 aromatic heterocycles. The number of halogens is 1. The molecule has 28 heavy (non-hydrogen) atoms. The zero-order valence-electron chi connectivity index (χ0n) is 15.1. The summed E-state index contributed by atoms with van der Waals surface area (Å²) in [4.78, 5) is 25.4. The molecule has 0 amide bonds. The van der Waals surface area contributed by atoms with Gasteiger partial charge in [-0.25, -0.2) is 4.98 Å². The molecule has 0 unspecified atom stereocenters. The van der Waals surface area contributed by atoms with Crippen LogP contribution in [0.1, 0.15) is 15.9 Å². The van der Waals surface area contributed by atoms with Gasteiger partial charge in [-0.1, -0.05) is 23.7 Å². The first kappa shape index (κ1) is 18.2. The van der Waals surface area contributed by atoms with Crippen molar-refractivity contribution in [2.24, 2.45) is 0 Å². The van der Waals surface area contributed by atoms with Crippen LogP contribution in [0.4, 0.5) is 5.95 Å². The van der Waals surface area contributed by atoms with E-state index in [2.05, 4.69) is 15.0 Å². The number of rotatable bonds is 6. The number of aldehydes is 1. The first-order valence-corrected chi connectivity index (χ1v) is 9.08. The Morgan fingerprint density at radius 3 is 2.82 bits per heavy atom. The van der Waals surface area contributed by atoms with E-state index in [1.165, 1.54) is 6.33 Å². The summed E-state index contributed by atoms with van der Waals surface area (Å²) in [5.41, 5.74) is 1.52. The van der Waals surface area contributed by atoms with Gasteiger partial charge < -0.3 is 14.4 Å². The van der Waals surface area contributed by atoms with E-state index in [4.69, 9.17) is 21.1 Å². The molecule has 0 bridgehead atoms. The zero-order valence-corrected chi connectivity index (χ0v) is 15.8. The Morgan fingerprint density at radius 2 is 2.04 bits per heavy atom. The molecule has 2 aromatic carbocycles. The van der Waals surface area contributed by atoms with Gasteiger partial charge in [0.2, 0.25) is 5.95 Å². The molecule has 1 aliphatic heterocycles. The summed E-state index contributed by atoms with van der Waals surface area (Å²) in [5, 5.41) is 0.691. The molecular formula is C20H17ClN4O3. The molecule has 7 nitrogen and oxygen atoms in total. The molecule has 0 aliphatic carbocycles. The lowest BCUT2D eigenvalue weighted by Crippen LogP contribution is -2.54. The minimum absolute atomic E-state index is 0.0466. The Balaban J connectivity index is 1.38. The number of carbonyl (C=O) groups is 1. The summed E-state index contributed by atoms with van der Waals surface area (Å²) < 4.78 is 11.6. The lowest BCUT2D eigenvalue weighted by molar-refractivity contribution is 0.112. The van der Waals surface area contributed by atoms with E-state index in [1.807, 2.05) is 30.0 Å². The normalized spacial score (nSPS) is 13.7. The highest BCUT2D eigenvalue weighted by molar-refractivity contribution is 6.30. The largest absolute Gasteiger partial charge is 0.486 e. The molecule has 142 valence electrons. The van der Waals surface area contributed by atoms with E-state index < -0.39 is 0 Å². The van der Waals surface area contributed by atoms with Crippen LogP contribution in [0, 0.1) is 6.92 Å². The Hall–Kier alpha value is -3.19. The van der Waals surface area contributed by atoms with Crippen molar-refractivity contribution in [3.05, 3.63) is 64.9 Å². The maximum atomic E-state index is 10.9. The Morgan fingerprint density at radius 1 is 1.18 bits per heavy atom. The number of nitrogens with zero attached hydrogens (tertiary/aromatic N) is 4. The fraction of sp³-hybridized carbons (Fsp3) is 0.200. The average Bonchev–Trinajstić information content (AvgIpc) is 2.66. The van der Waals surface area contributed by atoms with Crippen LogP contribution in [0.15, 0.2) is 48.8 Å². The molecule has 3 aromatic rings. The van der Waals surface area contributed by atoms with E-state index in [-0.39, 0.29) is 12.1 Å². The van der Waals surface area contributed by atoms with Gasteiger partial charge in [0.15, 0.2) is 0 Å². The highest BCUT2D eigenvalue weighted by Gasteiger charge is 2.31. The van der Waals surface area contributed by atoms with Gasteiger partial charge >= 0.3 is 6.01 Å². The molecule has 1 saturated heterocycles. The first-order valence-electron chi connectivity index (χ1n) is 8.70. The molecule has 0 N–H and O–H groups in total. The van der Waals surface area contributed by atoms with E-state index in [0.717, 1.165) is 17.6 Å². The van der Waals surface area contributed by atoms with Crippen molar-refractivity contribution in [1.29, 1.82) is 0 Å². The molecule has 0 radical (unpaired) electrons. The third-order valence-electron chi connectivity index (χ3n) is 4.30. The van der Waals surface area contributed by atoms with Gasteiger partial charge in [-0.15, -0.1) is 0 Å². The van der Waals surface area contributed by atoms with E-state index in [9.17, 15) is 4.79 Å². The molecule has 1 fully saturated rings. The molecule has 0 atom stereocenters. The quantitative estimate of drug-likeness (QED) is 0.588. The molecule has 0 spiro atoms. The topological polar surface area (TPSA) is 77.4 Å². The number of aromatic nitrogens is 3. The minimum Gasteiger partial charge on any atom is -0.486 e. The van der Waals surface area contributed by atoms with Crippen LogP contribution in [-0.4, -0.2) is 40.4 Å². The van der Waals surface area contributed by atoms with Crippen LogP contribution >= 0.6 is 11.6 Å². The van der Waals surface area contributed by atoms with Gasteiger partial charge in [-0.2, -0.15) is 9.97 Å². The van der Waals surface area contributed by atoms with Gasteiger partial charge in [-0.05, 0) is 42.8 Å². The van der Waals surface area contributed by atoms with Crippen LogP contribution < -0.4 is 14.4 Å². The summed E-state index contributed by atoms with van der Waals surface area (Å²) >= 11 is 5.98. The lowest BCUT2D eigenvalue weighted by Gasteiger charge is -2.39. The molecule has 1 aliphatic rings. The average molecular weight is 397 g/mol. The van der Waals surface area contributed by atoms with Gasteiger partial charge in [0, 0.05) is 10.6 Å². The van der Waals surface area contributed by atoms with E-state index >= 15 is 0 Å². The van der Waals surface area contributed by atoms with Crippen molar-refractivity contribution in [2.75, 3.05) is 18.0 Å². The molecule has 0 saturated carbocycles. The number of ether oxygens (including phenoxy) is 2. The summed E-state index contributed by atoms with van der Waals surface area (Å²) in [7, 11) is 0. The van der Waals surface area contributed by atoms with Crippen molar-refractivity contribution in [3.8, 4) is 17.5 Å². The SMILES string of the molecule is Cc1cc(Cl)ccc1OC1CN(c2ncnc(Oc3cccc(C=O)c3)n2)C1. The number of hydrogen-bond donors (Lipinski definition) is 0. The van der Waals surface area contributed by atoms with Crippen LogP contribution in [-0.2, 0) is 0 Å². The summed E-state index contributed by atoms with van der Waals surface area (Å²) in [5.74, 6) is 1.83. The van der Waals surface area contributed by atoms with Crippen LogP contribution in [0.25, 0.3) is 0 Å². The van der Waals surface area contributed by atoms with E-state index in [1.54, 1.807) is 24.3 Å². The van der Waals surface area contributed by atoms with Gasteiger partial charge in [0.25, 0.3) is 0 Å². The number of anilines is 1. The molecular weight excluding hydrogens is 380 g/mol. The second kappa shape index (κ2) is 7.82. The Labute approximate surface area is 166 Å². The lowest BCUT2D eigenvalue weighted by atomic mass is 10.1. The fourth-order valence-corrected chi connectivity index (χ4v) is 3.06.